The average molecular weight is 191 g/mol. The van der Waals surface area contributed by atoms with Crippen LogP contribution in [0.4, 0.5) is 8.78 Å². The van der Waals surface area contributed by atoms with Crippen molar-refractivity contribution in [3.8, 4) is 0 Å². The average Bonchev–Trinajstić information content (AvgIpc) is 1.92. The molecule has 0 aromatic heterocycles. The zero-order chi connectivity index (χ0) is 9.35. The Morgan fingerprint density at radius 2 is 2.00 bits per heavy atom. The highest BCUT2D eigenvalue weighted by Crippen LogP contribution is 2.15. The molecule has 1 aromatic carbocycles. The zero-order valence-electron chi connectivity index (χ0n) is 6.30. The van der Waals surface area contributed by atoms with Crippen LogP contribution in [0.5, 0.6) is 0 Å². The Labute approximate surface area is 69.2 Å². The highest BCUT2D eigenvalue weighted by atomic mass is 32.2. The van der Waals surface area contributed by atoms with E-state index < -0.39 is 21.4 Å². The van der Waals surface area contributed by atoms with Crippen LogP contribution in [0, 0.1) is 16.4 Å². The van der Waals surface area contributed by atoms with Gasteiger partial charge in [0.1, 0.15) is 11.6 Å². The first-order chi connectivity index (χ1) is 5.41. The normalized spacial score (nSPS) is 15.6. The van der Waals surface area contributed by atoms with Crippen LogP contribution in [0.25, 0.3) is 0 Å². The van der Waals surface area contributed by atoms with Gasteiger partial charge in [-0.05, 0) is 18.2 Å². The molecular formula is C7H7F2NOS. The maximum absolute atomic E-state index is 12.8. The van der Waals surface area contributed by atoms with E-state index in [4.69, 9.17) is 4.78 Å². The number of hydrogen-bond donors (Lipinski definition) is 1. The van der Waals surface area contributed by atoms with Gasteiger partial charge in [0.2, 0.25) is 0 Å². The molecule has 0 bridgehead atoms. The summed E-state index contributed by atoms with van der Waals surface area (Å²) in [5.74, 6) is -1.49. The maximum Gasteiger partial charge on any atom is 0.140 e. The van der Waals surface area contributed by atoms with Gasteiger partial charge in [-0.25, -0.2) is 17.8 Å². The van der Waals surface area contributed by atoms with Crippen LogP contribution in [-0.2, 0) is 9.73 Å². The molecule has 1 rings (SSSR count). The summed E-state index contributed by atoms with van der Waals surface area (Å²) in [4.78, 5) is -0.387. The van der Waals surface area contributed by atoms with Crippen LogP contribution in [0.2, 0.25) is 0 Å². The fraction of sp³-hybridized carbons (Fsp3) is 0.143. The summed E-state index contributed by atoms with van der Waals surface area (Å²) in [5.41, 5.74) is 0. The van der Waals surface area contributed by atoms with Gasteiger partial charge in [-0.15, -0.1) is 0 Å². The number of nitrogens with one attached hydrogen (secondary N) is 1. The maximum atomic E-state index is 12.8. The summed E-state index contributed by atoms with van der Waals surface area (Å²) >= 11 is 0. The van der Waals surface area contributed by atoms with Crippen LogP contribution < -0.4 is 0 Å². The lowest BCUT2D eigenvalue weighted by atomic mass is 10.3. The van der Waals surface area contributed by atoms with E-state index in [1.165, 1.54) is 0 Å². The van der Waals surface area contributed by atoms with Gasteiger partial charge in [0.25, 0.3) is 0 Å². The van der Waals surface area contributed by atoms with E-state index in [0.29, 0.717) is 0 Å². The Hall–Kier alpha value is -0.970. The standard InChI is InChI=1S/C7H7F2NOS/c1-12(10,11)7-4-5(8)2-3-6(7)9/h2-4,10H,1H3/t12-/m1/s1. The Morgan fingerprint density at radius 1 is 1.42 bits per heavy atom. The molecule has 1 aromatic rings. The van der Waals surface area contributed by atoms with Crippen molar-refractivity contribution in [2.45, 2.75) is 4.90 Å². The van der Waals surface area contributed by atoms with Gasteiger partial charge in [-0.2, -0.15) is 0 Å². The molecule has 1 atom stereocenters. The van der Waals surface area contributed by atoms with Crippen molar-refractivity contribution >= 4 is 9.73 Å². The third-order valence-corrected chi connectivity index (χ3v) is 2.47. The fourth-order valence-corrected chi connectivity index (χ4v) is 1.55. The van der Waals surface area contributed by atoms with Crippen LogP contribution in [0.15, 0.2) is 23.1 Å². The third-order valence-electron chi connectivity index (χ3n) is 1.31. The van der Waals surface area contributed by atoms with Gasteiger partial charge in [0.15, 0.2) is 0 Å². The molecule has 0 aliphatic carbocycles. The summed E-state index contributed by atoms with van der Waals surface area (Å²) in [7, 11) is -3.17. The Morgan fingerprint density at radius 3 is 2.42 bits per heavy atom. The molecular weight excluding hydrogens is 184 g/mol. The lowest BCUT2D eigenvalue weighted by Crippen LogP contribution is -1.99. The van der Waals surface area contributed by atoms with Crippen LogP contribution in [0.1, 0.15) is 0 Å². The minimum Gasteiger partial charge on any atom is -0.249 e. The van der Waals surface area contributed by atoms with Gasteiger partial charge in [-0.1, -0.05) is 0 Å². The zero-order valence-corrected chi connectivity index (χ0v) is 7.12. The number of halogens is 2. The van der Waals surface area contributed by atoms with Crippen LogP contribution >= 0.6 is 0 Å². The second-order valence-electron chi connectivity index (χ2n) is 2.42. The molecule has 66 valence electrons. The van der Waals surface area contributed by atoms with Crippen molar-refractivity contribution in [3.05, 3.63) is 29.8 Å². The lowest BCUT2D eigenvalue weighted by Gasteiger charge is -2.01. The van der Waals surface area contributed by atoms with Crippen molar-refractivity contribution in [2.75, 3.05) is 6.26 Å². The highest BCUT2D eigenvalue weighted by molar-refractivity contribution is 7.91. The van der Waals surface area contributed by atoms with Gasteiger partial charge in [0, 0.05) is 6.26 Å². The predicted molar refractivity (Wildman–Crippen MR) is 41.4 cm³/mol. The minimum atomic E-state index is -3.17. The van der Waals surface area contributed by atoms with Crippen molar-refractivity contribution in [3.63, 3.8) is 0 Å². The third kappa shape index (κ3) is 1.79. The van der Waals surface area contributed by atoms with Gasteiger partial charge < -0.3 is 0 Å². The minimum absolute atomic E-state index is 0.387. The predicted octanol–water partition coefficient (Wildman–Crippen LogP) is 2.00. The van der Waals surface area contributed by atoms with E-state index in [1.807, 2.05) is 0 Å². The van der Waals surface area contributed by atoms with Crippen molar-refractivity contribution in [1.29, 1.82) is 4.78 Å². The Kier molecular flexibility index (Phi) is 2.14. The molecule has 0 unspecified atom stereocenters. The smallest absolute Gasteiger partial charge is 0.140 e. The monoisotopic (exact) mass is 191 g/mol. The molecule has 1 N–H and O–H groups in total. The quantitative estimate of drug-likeness (QED) is 0.724. The number of benzene rings is 1. The van der Waals surface area contributed by atoms with E-state index in [-0.39, 0.29) is 4.90 Å². The van der Waals surface area contributed by atoms with Gasteiger partial charge in [0.05, 0.1) is 14.6 Å². The second kappa shape index (κ2) is 2.82. The molecule has 0 radical (unpaired) electrons. The molecule has 0 saturated heterocycles. The molecule has 0 spiro atoms. The van der Waals surface area contributed by atoms with E-state index >= 15 is 0 Å². The molecule has 0 aliphatic rings. The highest BCUT2D eigenvalue weighted by Gasteiger charge is 2.10. The molecule has 0 amide bonds. The first-order valence-corrected chi connectivity index (χ1v) is 5.07. The first-order valence-electron chi connectivity index (χ1n) is 3.10. The molecule has 0 heterocycles. The second-order valence-corrected chi connectivity index (χ2v) is 4.55. The lowest BCUT2D eigenvalue weighted by molar-refractivity contribution is 0.571. The van der Waals surface area contributed by atoms with E-state index in [1.54, 1.807) is 0 Å². The van der Waals surface area contributed by atoms with Crippen LogP contribution in [-0.4, -0.2) is 10.5 Å². The first kappa shape index (κ1) is 9.12. The number of rotatable bonds is 1. The summed E-state index contributed by atoms with van der Waals surface area (Å²) in [6, 6.07) is 2.57. The van der Waals surface area contributed by atoms with E-state index in [0.717, 1.165) is 24.5 Å². The Bertz CT molecular complexity index is 400. The SMILES string of the molecule is C[S@@](=N)(=O)c1cc(F)ccc1F. The van der Waals surface area contributed by atoms with Crippen molar-refractivity contribution in [2.24, 2.45) is 0 Å². The summed E-state index contributed by atoms with van der Waals surface area (Å²) < 4.78 is 43.4. The Balaban J connectivity index is 3.43. The van der Waals surface area contributed by atoms with Crippen LogP contribution in [0.3, 0.4) is 0 Å². The van der Waals surface area contributed by atoms with Gasteiger partial charge in [-0.3, -0.25) is 0 Å². The molecule has 0 saturated carbocycles. The summed E-state index contributed by atoms with van der Waals surface area (Å²) in [5, 5.41) is 0. The summed E-state index contributed by atoms with van der Waals surface area (Å²) in [6.07, 6.45) is 1.05. The molecule has 0 aliphatic heterocycles. The molecule has 2 nitrogen and oxygen atoms in total. The van der Waals surface area contributed by atoms with E-state index in [2.05, 4.69) is 0 Å². The van der Waals surface area contributed by atoms with Crippen molar-refractivity contribution in [1.82, 2.24) is 0 Å². The van der Waals surface area contributed by atoms with Crippen molar-refractivity contribution < 1.29 is 13.0 Å². The fourth-order valence-electron chi connectivity index (χ4n) is 0.776. The molecule has 5 heteroatoms. The largest absolute Gasteiger partial charge is 0.249 e. The topological polar surface area (TPSA) is 40.9 Å². The molecule has 0 fully saturated rings. The summed E-state index contributed by atoms with van der Waals surface area (Å²) in [6.45, 7) is 0. The number of hydrogen-bond acceptors (Lipinski definition) is 2. The van der Waals surface area contributed by atoms with E-state index in [9.17, 15) is 13.0 Å². The molecule has 12 heavy (non-hydrogen) atoms. The van der Waals surface area contributed by atoms with Gasteiger partial charge >= 0.3 is 0 Å².